The van der Waals surface area contributed by atoms with Gasteiger partial charge in [0.2, 0.25) is 5.79 Å². The van der Waals surface area contributed by atoms with Crippen LogP contribution in [-0.4, -0.2) is 20.8 Å². The average molecular weight is 331 g/mol. The first-order valence-electron chi connectivity index (χ1n) is 7.28. The first kappa shape index (κ1) is 15.9. The number of fused-ring (bicyclic) bond motifs is 1. The van der Waals surface area contributed by atoms with Gasteiger partial charge in [-0.3, -0.25) is 18.7 Å². The molecule has 0 saturated heterocycles. The lowest BCUT2D eigenvalue weighted by atomic mass is 10.2. The van der Waals surface area contributed by atoms with E-state index < -0.39 is 22.9 Å². The Morgan fingerprint density at radius 1 is 1.04 bits per heavy atom. The van der Waals surface area contributed by atoms with Gasteiger partial charge in [-0.15, -0.1) is 0 Å². The zero-order valence-corrected chi connectivity index (χ0v) is 13.7. The maximum atomic E-state index is 12.4. The molecule has 0 fully saturated rings. The average Bonchev–Trinajstić information content (AvgIpc) is 2.81. The van der Waals surface area contributed by atoms with E-state index in [1.165, 1.54) is 14.1 Å². The molecule has 1 amide bonds. The van der Waals surface area contributed by atoms with Crippen LogP contribution in [0.4, 0.5) is 5.69 Å². The minimum Gasteiger partial charge on any atom is -0.449 e. The van der Waals surface area contributed by atoms with Crippen molar-refractivity contribution in [3.8, 4) is 11.5 Å². The lowest BCUT2D eigenvalue weighted by Crippen LogP contribution is -2.40. The van der Waals surface area contributed by atoms with Gasteiger partial charge in [0.05, 0.1) is 0 Å². The molecular formula is C16H17N3O5. The second-order valence-electron chi connectivity index (χ2n) is 5.99. The molecule has 126 valence electrons. The molecule has 1 aromatic carbocycles. The summed E-state index contributed by atoms with van der Waals surface area (Å²) in [5, 5.41) is 2.65. The first-order valence-corrected chi connectivity index (χ1v) is 7.28. The van der Waals surface area contributed by atoms with Crippen LogP contribution in [0, 0.1) is 0 Å². The van der Waals surface area contributed by atoms with Gasteiger partial charge in [-0.25, -0.2) is 4.79 Å². The lowest BCUT2D eigenvalue weighted by Gasteiger charge is -2.16. The number of rotatable bonds is 2. The third-order valence-corrected chi connectivity index (χ3v) is 3.67. The standard InChI is InChI=1S/C16H17N3O5/c1-16(2)23-11-6-5-9(7-12(11)24-16)17-14(21)10-8-13(20)19(4)15(22)18(10)3/h5-8H,1-4H3,(H,17,21). The molecule has 1 aliphatic rings. The normalized spacial score (nSPS) is 14.5. The van der Waals surface area contributed by atoms with Crippen molar-refractivity contribution in [3.05, 3.63) is 50.8 Å². The molecule has 8 nitrogen and oxygen atoms in total. The summed E-state index contributed by atoms with van der Waals surface area (Å²) in [6, 6.07) is 6.08. The molecule has 1 N–H and O–H groups in total. The Balaban J connectivity index is 1.90. The lowest BCUT2D eigenvalue weighted by molar-refractivity contribution is -0.0431. The zero-order chi connectivity index (χ0) is 17.6. The molecule has 0 unspecified atom stereocenters. The number of nitrogens with one attached hydrogen (secondary N) is 1. The molecular weight excluding hydrogens is 314 g/mol. The number of benzene rings is 1. The van der Waals surface area contributed by atoms with Gasteiger partial charge < -0.3 is 14.8 Å². The number of ether oxygens (including phenoxy) is 2. The number of hydrogen-bond acceptors (Lipinski definition) is 5. The van der Waals surface area contributed by atoms with E-state index in [4.69, 9.17) is 9.47 Å². The Bertz CT molecular complexity index is 955. The number of carbonyl (C=O) groups excluding carboxylic acids is 1. The number of carbonyl (C=O) groups is 1. The van der Waals surface area contributed by atoms with Crippen molar-refractivity contribution in [2.45, 2.75) is 19.6 Å². The molecule has 0 saturated carbocycles. The summed E-state index contributed by atoms with van der Waals surface area (Å²) in [7, 11) is 2.78. The van der Waals surface area contributed by atoms with Crippen LogP contribution < -0.4 is 26.0 Å². The molecule has 8 heteroatoms. The minimum absolute atomic E-state index is 0.0268. The monoisotopic (exact) mass is 331 g/mol. The number of anilines is 1. The van der Waals surface area contributed by atoms with Crippen molar-refractivity contribution in [1.82, 2.24) is 9.13 Å². The van der Waals surface area contributed by atoms with Crippen LogP contribution in [0.3, 0.4) is 0 Å². The predicted octanol–water partition coefficient (Wildman–Crippen LogP) is 0.844. The van der Waals surface area contributed by atoms with Gasteiger partial charge in [-0.2, -0.15) is 0 Å². The van der Waals surface area contributed by atoms with Crippen molar-refractivity contribution in [2.75, 3.05) is 5.32 Å². The van der Waals surface area contributed by atoms with E-state index in [1.807, 2.05) is 0 Å². The van der Waals surface area contributed by atoms with E-state index >= 15 is 0 Å². The van der Waals surface area contributed by atoms with Crippen molar-refractivity contribution in [1.29, 1.82) is 0 Å². The summed E-state index contributed by atoms with van der Waals surface area (Å²) in [6.07, 6.45) is 0. The molecule has 2 aromatic rings. The van der Waals surface area contributed by atoms with E-state index in [2.05, 4.69) is 5.32 Å². The van der Waals surface area contributed by atoms with Gasteiger partial charge in [0.1, 0.15) is 5.69 Å². The van der Waals surface area contributed by atoms with E-state index in [1.54, 1.807) is 32.0 Å². The summed E-state index contributed by atoms with van der Waals surface area (Å²) < 4.78 is 13.2. The molecule has 0 bridgehead atoms. The molecule has 0 spiro atoms. The highest BCUT2D eigenvalue weighted by atomic mass is 16.7. The van der Waals surface area contributed by atoms with Gasteiger partial charge in [-0.1, -0.05) is 0 Å². The molecule has 24 heavy (non-hydrogen) atoms. The van der Waals surface area contributed by atoms with Crippen LogP contribution in [0.15, 0.2) is 33.9 Å². The summed E-state index contributed by atoms with van der Waals surface area (Å²) in [5.74, 6) is -0.236. The Labute approximate surface area is 137 Å². The quantitative estimate of drug-likeness (QED) is 0.880. The predicted molar refractivity (Wildman–Crippen MR) is 86.7 cm³/mol. The first-order chi connectivity index (χ1) is 11.2. The summed E-state index contributed by atoms with van der Waals surface area (Å²) in [4.78, 5) is 36.0. The van der Waals surface area contributed by atoms with E-state index in [0.29, 0.717) is 17.2 Å². The number of amides is 1. The number of aromatic nitrogens is 2. The van der Waals surface area contributed by atoms with E-state index in [-0.39, 0.29) is 5.69 Å². The zero-order valence-electron chi connectivity index (χ0n) is 13.7. The van der Waals surface area contributed by atoms with Crippen LogP contribution in [0.5, 0.6) is 11.5 Å². The van der Waals surface area contributed by atoms with E-state index in [9.17, 15) is 14.4 Å². The van der Waals surface area contributed by atoms with Crippen LogP contribution in [-0.2, 0) is 14.1 Å². The molecule has 2 heterocycles. The minimum atomic E-state index is -0.763. The van der Waals surface area contributed by atoms with Gasteiger partial charge in [-0.05, 0) is 12.1 Å². The maximum Gasteiger partial charge on any atom is 0.331 e. The van der Waals surface area contributed by atoms with Crippen molar-refractivity contribution in [2.24, 2.45) is 14.1 Å². The number of nitrogens with zero attached hydrogens (tertiary/aromatic N) is 2. The van der Waals surface area contributed by atoms with E-state index in [0.717, 1.165) is 15.2 Å². The smallest absolute Gasteiger partial charge is 0.331 e. The highest BCUT2D eigenvalue weighted by Crippen LogP contribution is 2.40. The van der Waals surface area contributed by atoms with Gasteiger partial charge in [0.15, 0.2) is 11.5 Å². The molecule has 0 atom stereocenters. The van der Waals surface area contributed by atoms with Crippen LogP contribution in [0.2, 0.25) is 0 Å². The van der Waals surface area contributed by atoms with Gasteiger partial charge in [0, 0.05) is 45.8 Å². The molecule has 3 rings (SSSR count). The third kappa shape index (κ3) is 2.66. The van der Waals surface area contributed by atoms with Crippen LogP contribution >= 0.6 is 0 Å². The molecule has 0 aliphatic carbocycles. The Morgan fingerprint density at radius 2 is 1.71 bits per heavy atom. The summed E-state index contributed by atoms with van der Waals surface area (Å²) in [5.41, 5.74) is -0.676. The third-order valence-electron chi connectivity index (χ3n) is 3.67. The highest BCUT2D eigenvalue weighted by molar-refractivity contribution is 6.03. The second kappa shape index (κ2) is 5.26. The summed E-state index contributed by atoms with van der Waals surface area (Å²) >= 11 is 0. The topological polar surface area (TPSA) is 91.6 Å². The fraction of sp³-hybridized carbons (Fsp3) is 0.312. The van der Waals surface area contributed by atoms with Crippen molar-refractivity contribution < 1.29 is 14.3 Å². The highest BCUT2D eigenvalue weighted by Gasteiger charge is 2.31. The Kier molecular flexibility index (Phi) is 3.47. The number of hydrogen-bond donors (Lipinski definition) is 1. The van der Waals surface area contributed by atoms with Crippen molar-refractivity contribution in [3.63, 3.8) is 0 Å². The van der Waals surface area contributed by atoms with Gasteiger partial charge in [0.25, 0.3) is 11.5 Å². The van der Waals surface area contributed by atoms with Crippen LogP contribution in [0.25, 0.3) is 0 Å². The molecule has 1 aliphatic heterocycles. The molecule has 1 aromatic heterocycles. The summed E-state index contributed by atoms with van der Waals surface area (Å²) in [6.45, 7) is 3.56. The van der Waals surface area contributed by atoms with Gasteiger partial charge >= 0.3 is 5.69 Å². The Morgan fingerprint density at radius 3 is 2.42 bits per heavy atom. The van der Waals surface area contributed by atoms with Crippen molar-refractivity contribution >= 4 is 11.6 Å². The SMILES string of the molecule is Cn1c(C(=O)Nc2ccc3c(c2)OC(C)(C)O3)cc(=O)n(C)c1=O. The Hall–Kier alpha value is -3.03. The fourth-order valence-corrected chi connectivity index (χ4v) is 2.45. The fourth-order valence-electron chi connectivity index (χ4n) is 2.45. The maximum absolute atomic E-state index is 12.4. The largest absolute Gasteiger partial charge is 0.449 e. The second-order valence-corrected chi connectivity index (χ2v) is 5.99. The van der Waals surface area contributed by atoms with Crippen LogP contribution in [0.1, 0.15) is 24.3 Å². The molecule has 0 radical (unpaired) electrons.